The molecule has 1 saturated heterocycles. The minimum atomic E-state index is 0.0900. The van der Waals surface area contributed by atoms with E-state index in [1.807, 2.05) is 23.1 Å². The van der Waals surface area contributed by atoms with E-state index in [0.29, 0.717) is 0 Å². The van der Waals surface area contributed by atoms with Gasteiger partial charge in [-0.25, -0.2) is 0 Å². The molecule has 3 aromatic rings. The maximum absolute atomic E-state index is 12.5. The third kappa shape index (κ3) is 4.86. The lowest BCUT2D eigenvalue weighted by Crippen LogP contribution is -2.43. The molecule has 2 aliphatic heterocycles. The van der Waals surface area contributed by atoms with Crippen LogP contribution in [0.1, 0.15) is 37.4 Å². The summed E-state index contributed by atoms with van der Waals surface area (Å²) in [7, 11) is 0. The van der Waals surface area contributed by atoms with Crippen LogP contribution in [0.4, 0.5) is 11.4 Å². The van der Waals surface area contributed by atoms with Gasteiger partial charge in [-0.3, -0.25) is 9.69 Å². The predicted molar refractivity (Wildman–Crippen MR) is 138 cm³/mol. The fourth-order valence-corrected chi connectivity index (χ4v) is 5.26. The minimum absolute atomic E-state index is 0.0900. The van der Waals surface area contributed by atoms with Crippen LogP contribution in [-0.4, -0.2) is 43.2 Å². The molecule has 0 spiro atoms. The van der Waals surface area contributed by atoms with Gasteiger partial charge in [0, 0.05) is 44.0 Å². The third-order valence-corrected chi connectivity index (χ3v) is 6.90. The first-order valence-corrected chi connectivity index (χ1v) is 12.2. The number of amides is 1. The summed E-state index contributed by atoms with van der Waals surface area (Å²) < 4.78 is 5.49. The second kappa shape index (κ2) is 10.00. The number of hydrogen-bond acceptors (Lipinski definition) is 4. The van der Waals surface area contributed by atoms with Crippen molar-refractivity contribution in [1.29, 1.82) is 0 Å². The Bertz CT molecular complexity index is 1140. The number of rotatable bonds is 5. The van der Waals surface area contributed by atoms with Crippen molar-refractivity contribution in [3.63, 3.8) is 0 Å². The summed E-state index contributed by atoms with van der Waals surface area (Å²) in [6.07, 6.45) is 0.863. The number of morpholine rings is 1. The Balaban J connectivity index is 1.48. The van der Waals surface area contributed by atoms with Crippen molar-refractivity contribution in [2.45, 2.75) is 38.9 Å². The largest absolute Gasteiger partial charge is 0.379 e. The molecule has 2 unspecified atom stereocenters. The highest BCUT2D eigenvalue weighted by molar-refractivity contribution is 5.94. The molecule has 0 saturated carbocycles. The van der Waals surface area contributed by atoms with E-state index >= 15 is 0 Å². The van der Waals surface area contributed by atoms with Gasteiger partial charge < -0.3 is 15.0 Å². The van der Waals surface area contributed by atoms with Crippen molar-refractivity contribution < 1.29 is 9.53 Å². The van der Waals surface area contributed by atoms with E-state index in [2.05, 4.69) is 71.7 Å². The fraction of sp³-hybridized carbons (Fsp3) is 0.345. The Morgan fingerprint density at radius 1 is 0.971 bits per heavy atom. The normalized spacial score (nSPS) is 20.6. The van der Waals surface area contributed by atoms with Gasteiger partial charge in [-0.15, -0.1) is 0 Å². The monoisotopic (exact) mass is 455 g/mol. The number of carbonyl (C=O) groups is 1. The molecule has 2 aliphatic rings. The third-order valence-electron chi connectivity index (χ3n) is 6.90. The zero-order chi connectivity index (χ0) is 23.5. The second-order valence-corrected chi connectivity index (χ2v) is 9.40. The number of nitrogens with zero attached hydrogens (tertiary/aromatic N) is 2. The lowest BCUT2D eigenvalue weighted by atomic mass is 9.88. The van der Waals surface area contributed by atoms with Crippen molar-refractivity contribution in [1.82, 2.24) is 4.90 Å². The first-order chi connectivity index (χ1) is 16.6. The molecule has 5 rings (SSSR count). The van der Waals surface area contributed by atoms with Gasteiger partial charge in [-0.2, -0.15) is 0 Å². The number of para-hydroxylation sites is 1. The van der Waals surface area contributed by atoms with Crippen LogP contribution < -0.4 is 10.2 Å². The molecule has 34 heavy (non-hydrogen) atoms. The summed E-state index contributed by atoms with van der Waals surface area (Å²) in [5, 5.41) is 3.71. The van der Waals surface area contributed by atoms with Gasteiger partial charge in [0.05, 0.1) is 19.3 Å². The molecule has 176 valence electrons. The van der Waals surface area contributed by atoms with Crippen LogP contribution in [0, 0.1) is 0 Å². The molecule has 3 aromatic carbocycles. The van der Waals surface area contributed by atoms with Gasteiger partial charge in [0.25, 0.3) is 0 Å². The van der Waals surface area contributed by atoms with Crippen LogP contribution >= 0.6 is 0 Å². The van der Waals surface area contributed by atoms with Gasteiger partial charge in [-0.05, 0) is 65.9 Å². The van der Waals surface area contributed by atoms with Crippen molar-refractivity contribution in [3.05, 3.63) is 83.9 Å². The standard InChI is InChI=1S/C29H33N3O2/c1-21-17-28(30-26-9-4-3-5-10-26)27-19-25(11-12-29(27)32(21)22(2)33)24-8-6-7-23(18-24)20-31-13-15-34-16-14-31/h3-12,18-19,21,28,30H,13-17,20H2,1-2H3. The molecule has 0 aliphatic carbocycles. The molecule has 1 N–H and O–H groups in total. The lowest BCUT2D eigenvalue weighted by Gasteiger charge is -2.39. The molecule has 0 bridgehead atoms. The topological polar surface area (TPSA) is 44.8 Å². The van der Waals surface area contributed by atoms with Crippen molar-refractivity contribution in [3.8, 4) is 11.1 Å². The summed E-state index contributed by atoms with van der Waals surface area (Å²) in [4.78, 5) is 16.9. The Kier molecular flexibility index (Phi) is 6.66. The summed E-state index contributed by atoms with van der Waals surface area (Å²) >= 11 is 0. The quantitative estimate of drug-likeness (QED) is 0.553. The number of carbonyl (C=O) groups excluding carboxylic acids is 1. The van der Waals surface area contributed by atoms with Crippen molar-refractivity contribution >= 4 is 17.3 Å². The summed E-state index contributed by atoms with van der Waals surface area (Å²) in [6.45, 7) is 8.32. The summed E-state index contributed by atoms with van der Waals surface area (Å²) in [5.74, 6) is 0.0900. The van der Waals surface area contributed by atoms with Gasteiger partial charge >= 0.3 is 0 Å². The maximum atomic E-state index is 12.5. The molecule has 0 aromatic heterocycles. The molecule has 2 heterocycles. The van der Waals surface area contributed by atoms with Gasteiger partial charge in [0.1, 0.15) is 0 Å². The number of ether oxygens (including phenoxy) is 1. The minimum Gasteiger partial charge on any atom is -0.379 e. The Morgan fingerprint density at radius 2 is 1.74 bits per heavy atom. The zero-order valence-corrected chi connectivity index (χ0v) is 20.0. The number of hydrogen-bond donors (Lipinski definition) is 1. The van der Waals surface area contributed by atoms with Gasteiger partial charge in [-0.1, -0.05) is 42.5 Å². The van der Waals surface area contributed by atoms with E-state index in [1.165, 1.54) is 22.3 Å². The molecular weight excluding hydrogens is 422 g/mol. The van der Waals surface area contributed by atoms with E-state index in [-0.39, 0.29) is 18.0 Å². The van der Waals surface area contributed by atoms with E-state index in [1.54, 1.807) is 6.92 Å². The van der Waals surface area contributed by atoms with Crippen LogP contribution in [-0.2, 0) is 16.1 Å². The molecular formula is C29H33N3O2. The van der Waals surface area contributed by atoms with E-state index < -0.39 is 0 Å². The fourth-order valence-electron chi connectivity index (χ4n) is 5.26. The number of fused-ring (bicyclic) bond motifs is 1. The molecule has 2 atom stereocenters. The van der Waals surface area contributed by atoms with Crippen molar-refractivity contribution in [2.24, 2.45) is 0 Å². The SMILES string of the molecule is CC(=O)N1c2ccc(-c3cccc(CN4CCOCC4)c3)cc2C(Nc2ccccc2)CC1C. The van der Waals surface area contributed by atoms with E-state index in [9.17, 15) is 4.79 Å². The van der Waals surface area contributed by atoms with Gasteiger partial charge in [0.2, 0.25) is 5.91 Å². The first-order valence-electron chi connectivity index (χ1n) is 12.2. The molecule has 5 nitrogen and oxygen atoms in total. The Morgan fingerprint density at radius 3 is 2.50 bits per heavy atom. The Labute approximate surface area is 202 Å². The number of nitrogens with one attached hydrogen (secondary N) is 1. The summed E-state index contributed by atoms with van der Waals surface area (Å²) in [6, 6.07) is 26.0. The van der Waals surface area contributed by atoms with E-state index in [0.717, 1.165) is 50.6 Å². The molecule has 0 radical (unpaired) electrons. The van der Waals surface area contributed by atoms with Gasteiger partial charge in [0.15, 0.2) is 0 Å². The molecule has 5 heteroatoms. The zero-order valence-electron chi connectivity index (χ0n) is 20.0. The number of anilines is 2. The van der Waals surface area contributed by atoms with Crippen LogP contribution in [0.5, 0.6) is 0 Å². The van der Waals surface area contributed by atoms with E-state index in [4.69, 9.17) is 4.74 Å². The average Bonchev–Trinajstić information content (AvgIpc) is 2.85. The second-order valence-electron chi connectivity index (χ2n) is 9.40. The molecule has 1 fully saturated rings. The van der Waals surface area contributed by atoms with Crippen LogP contribution in [0.25, 0.3) is 11.1 Å². The van der Waals surface area contributed by atoms with Crippen LogP contribution in [0.2, 0.25) is 0 Å². The van der Waals surface area contributed by atoms with Crippen LogP contribution in [0.3, 0.4) is 0 Å². The van der Waals surface area contributed by atoms with Crippen LogP contribution in [0.15, 0.2) is 72.8 Å². The highest BCUT2D eigenvalue weighted by atomic mass is 16.5. The highest BCUT2D eigenvalue weighted by Gasteiger charge is 2.32. The molecule has 1 amide bonds. The first kappa shape index (κ1) is 22.6. The lowest BCUT2D eigenvalue weighted by molar-refractivity contribution is -0.117. The van der Waals surface area contributed by atoms with Crippen molar-refractivity contribution in [2.75, 3.05) is 36.5 Å². The smallest absolute Gasteiger partial charge is 0.224 e. The number of benzene rings is 3. The highest BCUT2D eigenvalue weighted by Crippen LogP contribution is 2.41. The summed E-state index contributed by atoms with van der Waals surface area (Å²) in [5.41, 5.74) is 6.98. The maximum Gasteiger partial charge on any atom is 0.224 e. The predicted octanol–water partition coefficient (Wildman–Crippen LogP) is 5.48. The Hall–Kier alpha value is -3.15. The average molecular weight is 456 g/mol.